The van der Waals surface area contributed by atoms with Gasteiger partial charge >= 0.3 is 6.18 Å². The number of anilines is 1. The molecule has 0 bridgehead atoms. The molecule has 31 heavy (non-hydrogen) atoms. The van der Waals surface area contributed by atoms with Crippen molar-refractivity contribution in [3.05, 3.63) is 59.2 Å². The molecule has 2 N–H and O–H groups in total. The zero-order valence-corrected chi connectivity index (χ0v) is 16.3. The molecule has 11 heteroatoms. The van der Waals surface area contributed by atoms with E-state index in [1.54, 1.807) is 29.6 Å². The molecule has 4 aromatic rings. The number of carbonyl (C=O) groups excluding carboxylic acids is 1. The lowest BCUT2D eigenvalue weighted by atomic mass is 10.1. The third kappa shape index (κ3) is 3.04. The Hall–Kier alpha value is -3.76. The largest absolute Gasteiger partial charge is 0.433 e. The summed E-state index contributed by atoms with van der Waals surface area (Å²) in [5.74, 6) is -0.0350. The molecular weight excluding hydrogens is 411 g/mol. The topological polar surface area (TPSA) is 102 Å². The Labute approximate surface area is 173 Å². The maximum Gasteiger partial charge on any atom is 0.433 e. The summed E-state index contributed by atoms with van der Waals surface area (Å²) in [6, 6.07) is 7.03. The fourth-order valence-corrected chi connectivity index (χ4v) is 4.06. The highest BCUT2D eigenvalue weighted by molar-refractivity contribution is 5.98. The van der Waals surface area contributed by atoms with Gasteiger partial charge < -0.3 is 10.6 Å². The molecule has 1 atom stereocenters. The number of hydrogen-bond acceptors (Lipinski definition) is 6. The summed E-state index contributed by atoms with van der Waals surface area (Å²) in [5.41, 5.74) is 8.00. The van der Waals surface area contributed by atoms with Crippen LogP contribution in [0.1, 0.15) is 39.8 Å². The smallest absolute Gasteiger partial charge is 0.381 e. The predicted octanol–water partition coefficient (Wildman–Crippen LogP) is 3.03. The van der Waals surface area contributed by atoms with E-state index < -0.39 is 11.9 Å². The highest BCUT2D eigenvalue weighted by Crippen LogP contribution is 2.37. The maximum atomic E-state index is 13.2. The van der Waals surface area contributed by atoms with E-state index in [4.69, 9.17) is 5.73 Å². The number of nitrogens with zero attached hydrogens (tertiary/aromatic N) is 6. The first-order valence-corrected chi connectivity index (χ1v) is 9.47. The van der Waals surface area contributed by atoms with Crippen LogP contribution in [0.5, 0.6) is 0 Å². The minimum Gasteiger partial charge on any atom is -0.381 e. The normalized spacial score (nSPS) is 16.1. The molecule has 1 aliphatic carbocycles. The minimum atomic E-state index is -4.50. The lowest BCUT2D eigenvalue weighted by Gasteiger charge is -2.25. The van der Waals surface area contributed by atoms with E-state index in [1.165, 1.54) is 17.3 Å². The van der Waals surface area contributed by atoms with Crippen LogP contribution in [0.2, 0.25) is 0 Å². The molecule has 0 fully saturated rings. The van der Waals surface area contributed by atoms with Gasteiger partial charge in [0, 0.05) is 18.3 Å². The first-order chi connectivity index (χ1) is 14.7. The van der Waals surface area contributed by atoms with Crippen LogP contribution < -0.4 is 5.73 Å². The van der Waals surface area contributed by atoms with Gasteiger partial charge in [0.1, 0.15) is 12.0 Å². The molecule has 0 saturated carbocycles. The van der Waals surface area contributed by atoms with Gasteiger partial charge in [-0.15, -0.1) is 10.2 Å². The first-order valence-electron chi connectivity index (χ1n) is 9.47. The number of carbonyl (C=O) groups is 1. The third-order valence-corrected chi connectivity index (χ3v) is 5.60. The number of alkyl halides is 3. The number of hydrogen-bond donors (Lipinski definition) is 1. The van der Waals surface area contributed by atoms with Gasteiger partial charge in [0.05, 0.1) is 17.1 Å². The molecule has 3 aromatic heterocycles. The first kappa shape index (κ1) is 19.2. The number of aryl methyl sites for hydroxylation is 1. The molecule has 0 spiro atoms. The molecule has 1 aromatic carbocycles. The van der Waals surface area contributed by atoms with E-state index in [0.717, 1.165) is 6.07 Å². The molecule has 0 saturated heterocycles. The monoisotopic (exact) mass is 427 g/mol. The van der Waals surface area contributed by atoms with Crippen molar-refractivity contribution in [3.63, 3.8) is 0 Å². The van der Waals surface area contributed by atoms with Crippen molar-refractivity contribution in [2.24, 2.45) is 0 Å². The van der Waals surface area contributed by atoms with E-state index >= 15 is 0 Å². The van der Waals surface area contributed by atoms with E-state index in [1.807, 2.05) is 0 Å². The molecule has 0 aliphatic heterocycles. The number of aromatic nitrogens is 5. The van der Waals surface area contributed by atoms with Crippen molar-refractivity contribution in [3.8, 4) is 0 Å². The lowest BCUT2D eigenvalue weighted by Crippen LogP contribution is -2.30. The molecular formula is C20H16F3N7O. The Bertz CT molecular complexity index is 1350. The molecule has 0 radical (unpaired) electrons. The summed E-state index contributed by atoms with van der Waals surface area (Å²) in [7, 11) is 1.64. The average molecular weight is 427 g/mol. The van der Waals surface area contributed by atoms with Crippen LogP contribution in [0.3, 0.4) is 0 Å². The van der Waals surface area contributed by atoms with E-state index in [9.17, 15) is 18.0 Å². The van der Waals surface area contributed by atoms with Crippen LogP contribution in [-0.2, 0) is 12.6 Å². The maximum absolute atomic E-state index is 13.2. The van der Waals surface area contributed by atoms with E-state index in [-0.39, 0.29) is 17.8 Å². The van der Waals surface area contributed by atoms with Crippen molar-refractivity contribution >= 4 is 28.4 Å². The van der Waals surface area contributed by atoms with Crippen molar-refractivity contribution < 1.29 is 18.0 Å². The molecule has 158 valence electrons. The number of rotatable bonds is 2. The fraction of sp³-hybridized carbons (Fsp3) is 0.250. The van der Waals surface area contributed by atoms with Crippen molar-refractivity contribution in [1.29, 1.82) is 0 Å². The van der Waals surface area contributed by atoms with Crippen molar-refractivity contribution in [1.82, 2.24) is 29.5 Å². The molecule has 8 nitrogen and oxygen atoms in total. The number of nitrogen functional groups attached to an aromatic ring is 1. The van der Waals surface area contributed by atoms with Crippen LogP contribution in [0.25, 0.3) is 16.7 Å². The Morgan fingerprint density at radius 1 is 1.23 bits per heavy atom. The van der Waals surface area contributed by atoms with Crippen LogP contribution >= 0.6 is 0 Å². The van der Waals surface area contributed by atoms with Crippen LogP contribution in [0, 0.1) is 0 Å². The van der Waals surface area contributed by atoms with Crippen LogP contribution in [0.15, 0.2) is 36.7 Å². The zero-order chi connectivity index (χ0) is 21.9. The summed E-state index contributed by atoms with van der Waals surface area (Å²) in [4.78, 5) is 22.8. The van der Waals surface area contributed by atoms with Gasteiger partial charge in [-0.3, -0.25) is 9.20 Å². The Morgan fingerprint density at radius 3 is 2.81 bits per heavy atom. The summed E-state index contributed by atoms with van der Waals surface area (Å²) in [5, 5.41) is 7.78. The van der Waals surface area contributed by atoms with Crippen LogP contribution in [0.4, 0.5) is 19.0 Å². The average Bonchev–Trinajstić information content (AvgIpc) is 3.39. The van der Waals surface area contributed by atoms with Gasteiger partial charge in [-0.05, 0) is 42.7 Å². The Morgan fingerprint density at radius 2 is 2.03 bits per heavy atom. The van der Waals surface area contributed by atoms with E-state index in [0.29, 0.717) is 46.3 Å². The number of amides is 1. The Kier molecular flexibility index (Phi) is 4.11. The van der Waals surface area contributed by atoms with Gasteiger partial charge in [0.25, 0.3) is 5.91 Å². The quantitative estimate of drug-likeness (QED) is 0.528. The fourth-order valence-electron chi connectivity index (χ4n) is 4.06. The molecule has 1 unspecified atom stereocenters. The molecule has 1 amide bonds. The predicted molar refractivity (Wildman–Crippen MR) is 105 cm³/mol. The summed E-state index contributed by atoms with van der Waals surface area (Å²) < 4.78 is 40.5. The van der Waals surface area contributed by atoms with Crippen molar-refractivity contribution in [2.45, 2.75) is 25.1 Å². The molecule has 3 heterocycles. The number of benzene rings is 1. The second kappa shape index (κ2) is 6.62. The molecule has 1 aliphatic rings. The van der Waals surface area contributed by atoms with Gasteiger partial charge in [-0.2, -0.15) is 13.2 Å². The van der Waals surface area contributed by atoms with Gasteiger partial charge in [0.2, 0.25) is 5.65 Å². The highest BCUT2D eigenvalue weighted by atomic mass is 19.4. The SMILES string of the molecule is CN(C(=O)c1ccc2nc(N)c3nncn3c2c1)C1CCc2nc(C(F)(F)F)ccc21. The van der Waals surface area contributed by atoms with Crippen molar-refractivity contribution in [2.75, 3.05) is 12.8 Å². The Balaban J connectivity index is 1.49. The van der Waals surface area contributed by atoms with Crippen LogP contribution in [-0.4, -0.2) is 42.4 Å². The summed E-state index contributed by atoms with van der Waals surface area (Å²) in [6.45, 7) is 0. The molecule has 5 rings (SSSR count). The second-order valence-electron chi connectivity index (χ2n) is 7.43. The summed E-state index contributed by atoms with van der Waals surface area (Å²) in [6.07, 6.45) is -2.12. The number of halogens is 3. The number of nitrogens with two attached hydrogens (primary N) is 1. The zero-order valence-electron chi connectivity index (χ0n) is 16.3. The summed E-state index contributed by atoms with van der Waals surface area (Å²) >= 11 is 0. The number of pyridine rings is 1. The second-order valence-corrected chi connectivity index (χ2v) is 7.43. The third-order valence-electron chi connectivity index (χ3n) is 5.60. The number of fused-ring (bicyclic) bond motifs is 4. The van der Waals surface area contributed by atoms with Gasteiger partial charge in [-0.25, -0.2) is 9.97 Å². The minimum absolute atomic E-state index is 0.231. The standard InChI is InChI=1S/C20H16F3N7O/c1-29(14-6-5-12-11(14)3-7-16(26-12)20(21,22)23)19(31)10-2-4-13-15(8-10)30-9-25-28-18(30)17(24)27-13/h2-4,7-9,14H,5-6H2,1H3,(H2,24,27). The van der Waals surface area contributed by atoms with Gasteiger partial charge in [-0.1, -0.05) is 6.07 Å². The van der Waals surface area contributed by atoms with Gasteiger partial charge in [0.15, 0.2) is 5.82 Å². The highest BCUT2D eigenvalue weighted by Gasteiger charge is 2.36. The van der Waals surface area contributed by atoms with E-state index in [2.05, 4.69) is 20.2 Å². The lowest BCUT2D eigenvalue weighted by molar-refractivity contribution is -0.141.